The van der Waals surface area contributed by atoms with E-state index in [2.05, 4.69) is 113 Å². The van der Waals surface area contributed by atoms with Crippen molar-refractivity contribution in [2.45, 2.75) is 230 Å². The van der Waals surface area contributed by atoms with Crippen LogP contribution in [0.1, 0.15) is 228 Å². The molecule has 0 unspecified atom stereocenters. The van der Waals surface area contributed by atoms with Crippen LogP contribution in [0.4, 0.5) is 0 Å². The van der Waals surface area contributed by atoms with Crippen molar-refractivity contribution in [3.8, 4) is 17.2 Å². The number of hydrogen-bond acceptors (Lipinski definition) is 6. The molecule has 6 heteroatoms. The lowest BCUT2D eigenvalue weighted by Crippen LogP contribution is -2.48. The van der Waals surface area contributed by atoms with Crippen molar-refractivity contribution >= 4 is 0 Å². The topological polar surface area (TPSA) is 70.4 Å². The molecule has 0 amide bonds. The van der Waals surface area contributed by atoms with Crippen molar-refractivity contribution in [3.63, 3.8) is 0 Å². The Morgan fingerprint density at radius 3 is 0.693 bits per heavy atom. The van der Waals surface area contributed by atoms with Gasteiger partial charge in [-0.1, -0.05) is 98.7 Å². The van der Waals surface area contributed by atoms with Gasteiger partial charge in [-0.05, 0) is 218 Å². The first kappa shape index (κ1) is 51.4. The van der Waals surface area contributed by atoms with Gasteiger partial charge in [0.05, 0.1) is 0 Å². The fourth-order valence-corrected chi connectivity index (χ4v) is 20.7. The summed E-state index contributed by atoms with van der Waals surface area (Å²) in [5, 5.41) is 38.4. The molecule has 6 nitrogen and oxygen atoms in total. The Labute approximate surface area is 454 Å². The summed E-state index contributed by atoms with van der Waals surface area (Å²) in [4.78, 5) is 7.98. The number of benzene rings is 3. The molecule has 0 radical (unpaired) electrons. The quantitative estimate of drug-likeness (QED) is 0.198. The van der Waals surface area contributed by atoms with Crippen molar-refractivity contribution in [2.24, 2.45) is 53.3 Å². The lowest BCUT2D eigenvalue weighted by molar-refractivity contribution is -0.00644. The first-order valence-corrected chi connectivity index (χ1v) is 31.2. The summed E-state index contributed by atoms with van der Waals surface area (Å²) in [7, 11) is 0. The fourth-order valence-electron chi connectivity index (χ4n) is 20.7. The molecule has 3 aromatic rings. The van der Waals surface area contributed by atoms with Gasteiger partial charge in [-0.3, -0.25) is 14.7 Å². The molecular formula is C69H99N3O3. The Morgan fingerprint density at radius 2 is 0.520 bits per heavy atom. The molecule has 16 rings (SSSR count). The van der Waals surface area contributed by atoms with Crippen LogP contribution >= 0.6 is 0 Å². The molecule has 0 aromatic heterocycles. The van der Waals surface area contributed by atoms with E-state index in [4.69, 9.17) is 0 Å². The zero-order valence-corrected chi connectivity index (χ0v) is 48.4. The molecule has 3 aromatic carbocycles. The van der Waals surface area contributed by atoms with E-state index >= 15 is 0 Å². The van der Waals surface area contributed by atoms with Gasteiger partial charge >= 0.3 is 0 Å². The molecule has 1 saturated heterocycles. The number of rotatable bonds is 9. The standard InChI is InChI=1S/C69H99N3O3/c1-64(2,3)55-25-52(61(73)58(28-55)67-31-43-16-44(32-67)18-45(17-43)33-67)40-70-10-12-71(41-53-26-56(65(4,5)6)29-59(62(53)74)68-34-46-19-47(35-68)21-48(20-46)36-68)14-15-72(13-11-70)42-54-27-57(66(7,8)9)30-60(63(54)75)69-37-49-22-50(38-69)24-51(23-49)39-69/h25-30,43-51,73-75H,10-24,31-42H2,1-9H3. The van der Waals surface area contributed by atoms with Crippen molar-refractivity contribution < 1.29 is 15.3 Å². The monoisotopic (exact) mass is 1020 g/mol. The van der Waals surface area contributed by atoms with Gasteiger partial charge in [0.1, 0.15) is 17.2 Å². The first-order chi connectivity index (χ1) is 35.5. The Morgan fingerprint density at radius 1 is 0.333 bits per heavy atom. The van der Waals surface area contributed by atoms with Gasteiger partial charge in [-0.15, -0.1) is 0 Å². The normalized spacial score (nSPS) is 36.8. The van der Waals surface area contributed by atoms with Crippen LogP contribution in [0.25, 0.3) is 0 Å². The second-order valence-electron chi connectivity index (χ2n) is 32.3. The van der Waals surface area contributed by atoms with Crippen molar-refractivity contribution in [3.05, 3.63) is 86.5 Å². The summed E-state index contributed by atoms with van der Waals surface area (Å²) in [5.74, 6) is 9.06. The second-order valence-corrected chi connectivity index (χ2v) is 32.3. The number of aromatic hydroxyl groups is 3. The molecule has 75 heavy (non-hydrogen) atoms. The Balaban J connectivity index is 0.854. The summed E-state index contributed by atoms with van der Waals surface area (Å²) < 4.78 is 0. The van der Waals surface area contributed by atoms with Crippen molar-refractivity contribution in [1.29, 1.82) is 0 Å². The molecule has 13 aliphatic rings. The highest BCUT2D eigenvalue weighted by atomic mass is 16.3. The summed E-state index contributed by atoms with van der Waals surface area (Å²) in [5.41, 5.74) is 11.4. The van der Waals surface area contributed by atoms with Crippen LogP contribution in [0.2, 0.25) is 0 Å². The highest BCUT2D eigenvalue weighted by molar-refractivity contribution is 5.53. The molecule has 12 aliphatic carbocycles. The van der Waals surface area contributed by atoms with Crippen LogP contribution in [0, 0.1) is 53.3 Å². The largest absolute Gasteiger partial charge is 0.507 e. The van der Waals surface area contributed by atoms with E-state index in [-0.39, 0.29) is 32.5 Å². The fraction of sp³-hybridized carbons (Fsp3) is 0.739. The molecule has 0 spiro atoms. The average molecular weight is 1020 g/mol. The predicted octanol–water partition coefficient (Wildman–Crippen LogP) is 14.9. The van der Waals surface area contributed by atoms with Gasteiger partial charge in [-0.25, -0.2) is 0 Å². The molecule has 12 bridgehead atoms. The van der Waals surface area contributed by atoms with Gasteiger partial charge in [0, 0.05) is 92.3 Å². The van der Waals surface area contributed by atoms with E-state index < -0.39 is 0 Å². The average Bonchev–Trinajstić information content (AvgIpc) is 3.39. The van der Waals surface area contributed by atoms with E-state index in [0.717, 1.165) is 129 Å². The second kappa shape index (κ2) is 18.2. The van der Waals surface area contributed by atoms with Crippen LogP contribution in [0.15, 0.2) is 36.4 Å². The summed E-state index contributed by atoms with van der Waals surface area (Å²) in [6, 6.07) is 14.5. The number of hydrogen-bond donors (Lipinski definition) is 3. The maximum absolute atomic E-state index is 12.8. The lowest BCUT2D eigenvalue weighted by Gasteiger charge is -2.57. The van der Waals surface area contributed by atoms with E-state index in [9.17, 15) is 15.3 Å². The Kier molecular flexibility index (Phi) is 12.5. The summed E-state index contributed by atoms with van der Waals surface area (Å²) in [6.45, 7) is 28.8. The van der Waals surface area contributed by atoms with Crippen LogP contribution < -0.4 is 0 Å². The molecule has 12 saturated carbocycles. The number of phenols is 3. The lowest BCUT2D eigenvalue weighted by atomic mass is 9.47. The summed E-state index contributed by atoms with van der Waals surface area (Å²) >= 11 is 0. The number of nitrogens with zero attached hydrogens (tertiary/aromatic N) is 3. The highest BCUT2D eigenvalue weighted by Crippen LogP contribution is 2.65. The third-order valence-corrected chi connectivity index (χ3v) is 23.4. The predicted molar refractivity (Wildman–Crippen MR) is 306 cm³/mol. The molecular weight excluding hydrogens is 919 g/mol. The van der Waals surface area contributed by atoms with Crippen LogP contribution in [-0.4, -0.2) is 69.3 Å². The molecule has 0 atom stereocenters. The summed E-state index contributed by atoms with van der Waals surface area (Å²) in [6.07, 6.45) is 23.8. The van der Waals surface area contributed by atoms with Crippen LogP contribution in [0.5, 0.6) is 17.2 Å². The van der Waals surface area contributed by atoms with Crippen LogP contribution in [0.3, 0.4) is 0 Å². The van der Waals surface area contributed by atoms with Gasteiger partial charge in [0.25, 0.3) is 0 Å². The van der Waals surface area contributed by atoms with Crippen LogP contribution in [-0.2, 0) is 52.1 Å². The Hall–Kier alpha value is -3.06. The highest BCUT2D eigenvalue weighted by Gasteiger charge is 2.56. The molecule has 1 aliphatic heterocycles. The third-order valence-electron chi connectivity index (χ3n) is 23.4. The zero-order chi connectivity index (χ0) is 52.2. The first-order valence-electron chi connectivity index (χ1n) is 31.2. The number of phenolic OH excluding ortho intramolecular Hbond substituents is 3. The van der Waals surface area contributed by atoms with E-state index in [1.165, 1.54) is 149 Å². The maximum Gasteiger partial charge on any atom is 0.123 e. The third kappa shape index (κ3) is 9.44. The molecule has 3 N–H and O–H groups in total. The minimum Gasteiger partial charge on any atom is -0.507 e. The van der Waals surface area contributed by atoms with Gasteiger partial charge in [0.15, 0.2) is 0 Å². The van der Waals surface area contributed by atoms with Gasteiger partial charge < -0.3 is 15.3 Å². The van der Waals surface area contributed by atoms with E-state index in [1.54, 1.807) is 0 Å². The maximum atomic E-state index is 12.8. The Bertz CT molecular complexity index is 2270. The van der Waals surface area contributed by atoms with E-state index in [1.807, 2.05) is 0 Å². The minimum absolute atomic E-state index is 0.0297. The molecule has 408 valence electrons. The van der Waals surface area contributed by atoms with Gasteiger partial charge in [-0.2, -0.15) is 0 Å². The smallest absolute Gasteiger partial charge is 0.123 e. The minimum atomic E-state index is -0.0297. The van der Waals surface area contributed by atoms with Crippen molar-refractivity contribution in [1.82, 2.24) is 14.7 Å². The molecule has 13 fully saturated rings. The van der Waals surface area contributed by atoms with Gasteiger partial charge in [0.2, 0.25) is 0 Å². The van der Waals surface area contributed by atoms with Crippen molar-refractivity contribution in [2.75, 3.05) is 39.3 Å². The van der Waals surface area contributed by atoms with E-state index in [0.29, 0.717) is 17.2 Å². The SMILES string of the molecule is CC(C)(C)c1cc(CN2CCN(Cc3cc(C(C)(C)C)cc(C45CC6CC(CC(C6)C4)C5)c3O)CCN(Cc3cc(C(C)(C)C)cc(C45CC6CC(CC(C6)C4)C5)c3O)CC2)c(O)c(C23CC4CC(CC(C4)C2)C3)c1. The zero-order valence-electron chi connectivity index (χ0n) is 48.4. The molecule has 1 heterocycles.